The summed E-state index contributed by atoms with van der Waals surface area (Å²) in [5, 5.41) is 10.8. The number of carbonyl (C=O) groups is 1. The molecule has 0 aliphatic carbocycles. The Morgan fingerprint density at radius 1 is 1.58 bits per heavy atom. The highest BCUT2D eigenvalue weighted by atomic mass is 16.5. The van der Waals surface area contributed by atoms with Crippen LogP contribution in [-0.4, -0.2) is 31.9 Å². The van der Waals surface area contributed by atoms with Crippen molar-refractivity contribution in [1.82, 2.24) is 25.2 Å². The molecule has 1 atom stereocenters. The lowest BCUT2D eigenvalue weighted by Gasteiger charge is -2.13. The maximum absolute atomic E-state index is 12.2. The van der Waals surface area contributed by atoms with Crippen molar-refractivity contribution in [3.05, 3.63) is 29.7 Å². The lowest BCUT2D eigenvalue weighted by atomic mass is 10.1. The number of hydrogen-bond donors (Lipinski definition) is 1. The Morgan fingerprint density at radius 2 is 2.37 bits per heavy atom. The van der Waals surface area contributed by atoms with Gasteiger partial charge >= 0.3 is 0 Å². The summed E-state index contributed by atoms with van der Waals surface area (Å²) in [5.74, 6) is 0.380. The van der Waals surface area contributed by atoms with Crippen LogP contribution in [0.5, 0.6) is 0 Å². The van der Waals surface area contributed by atoms with Crippen LogP contribution in [-0.2, 0) is 13.0 Å². The van der Waals surface area contributed by atoms with Crippen molar-refractivity contribution < 1.29 is 9.32 Å². The van der Waals surface area contributed by atoms with E-state index in [0.717, 1.165) is 0 Å². The maximum atomic E-state index is 12.2. The topological polar surface area (TPSA) is 85.8 Å². The zero-order valence-corrected chi connectivity index (χ0v) is 11.3. The van der Waals surface area contributed by atoms with Gasteiger partial charge in [-0.3, -0.25) is 9.48 Å². The minimum absolute atomic E-state index is 0.0618. The second kappa shape index (κ2) is 5.64. The minimum Gasteiger partial charge on any atom is -0.361 e. The summed E-state index contributed by atoms with van der Waals surface area (Å²) in [6.07, 6.45) is 3.75. The van der Waals surface area contributed by atoms with Crippen molar-refractivity contribution in [3.8, 4) is 0 Å². The highest BCUT2D eigenvalue weighted by Gasteiger charge is 2.20. The van der Waals surface area contributed by atoms with Crippen LogP contribution in [0.15, 0.2) is 17.2 Å². The molecule has 0 radical (unpaired) electrons. The number of nitrogens with zero attached hydrogens (tertiary/aromatic N) is 4. The molecule has 19 heavy (non-hydrogen) atoms. The summed E-state index contributed by atoms with van der Waals surface area (Å²) in [4.78, 5) is 16.0. The molecule has 0 aliphatic rings. The molecule has 1 N–H and O–H groups in total. The van der Waals surface area contributed by atoms with E-state index in [9.17, 15) is 4.79 Å². The van der Waals surface area contributed by atoms with Gasteiger partial charge in [-0.2, -0.15) is 5.10 Å². The Labute approximate surface area is 111 Å². The SMILES string of the molecule is CCc1noc(C)c1C(=O)N[C@@H](C)Cn1cncn1. The molecule has 2 heterocycles. The summed E-state index contributed by atoms with van der Waals surface area (Å²) in [5.41, 5.74) is 1.22. The lowest BCUT2D eigenvalue weighted by Crippen LogP contribution is -2.36. The van der Waals surface area contributed by atoms with E-state index in [2.05, 4.69) is 20.6 Å². The number of hydrogen-bond acceptors (Lipinski definition) is 5. The van der Waals surface area contributed by atoms with Gasteiger partial charge in [0.2, 0.25) is 0 Å². The van der Waals surface area contributed by atoms with Gasteiger partial charge in [-0.05, 0) is 20.3 Å². The van der Waals surface area contributed by atoms with Crippen LogP contribution in [0.4, 0.5) is 0 Å². The van der Waals surface area contributed by atoms with E-state index in [1.807, 2.05) is 13.8 Å². The molecule has 2 rings (SSSR count). The van der Waals surface area contributed by atoms with Gasteiger partial charge in [-0.1, -0.05) is 12.1 Å². The number of aryl methyl sites for hydroxylation is 2. The molecule has 102 valence electrons. The van der Waals surface area contributed by atoms with Crippen LogP contribution in [0.3, 0.4) is 0 Å². The standard InChI is InChI=1S/C12H17N5O2/c1-4-10-11(9(3)19-16-10)12(18)15-8(2)5-17-7-13-6-14-17/h6-8H,4-5H2,1-3H3,(H,15,18)/t8-/m0/s1. The second-order valence-corrected chi connectivity index (χ2v) is 4.41. The molecule has 0 aromatic carbocycles. The van der Waals surface area contributed by atoms with Crippen LogP contribution in [0, 0.1) is 6.92 Å². The molecule has 7 nitrogen and oxygen atoms in total. The van der Waals surface area contributed by atoms with Crippen LogP contribution in [0.1, 0.15) is 35.7 Å². The highest BCUT2D eigenvalue weighted by molar-refractivity contribution is 5.96. The zero-order chi connectivity index (χ0) is 13.8. The lowest BCUT2D eigenvalue weighted by molar-refractivity contribution is 0.0933. The largest absolute Gasteiger partial charge is 0.361 e. The average molecular weight is 263 g/mol. The van der Waals surface area contributed by atoms with Crippen LogP contribution in [0.25, 0.3) is 0 Å². The Balaban J connectivity index is 2.02. The molecule has 0 unspecified atom stereocenters. The Kier molecular flexibility index (Phi) is 3.94. The monoisotopic (exact) mass is 263 g/mol. The van der Waals surface area contributed by atoms with Gasteiger partial charge in [0.25, 0.3) is 5.91 Å². The number of rotatable bonds is 5. The Hall–Kier alpha value is -2.18. The summed E-state index contributed by atoms with van der Waals surface area (Å²) in [6.45, 7) is 6.15. The van der Waals surface area contributed by atoms with E-state index in [-0.39, 0.29) is 11.9 Å². The van der Waals surface area contributed by atoms with Gasteiger partial charge < -0.3 is 9.84 Å². The van der Waals surface area contributed by atoms with E-state index in [4.69, 9.17) is 4.52 Å². The molecule has 2 aromatic heterocycles. The third kappa shape index (κ3) is 2.98. The fourth-order valence-corrected chi connectivity index (χ4v) is 1.90. The summed E-state index contributed by atoms with van der Waals surface area (Å²) >= 11 is 0. The zero-order valence-electron chi connectivity index (χ0n) is 11.3. The van der Waals surface area contributed by atoms with Gasteiger partial charge in [0, 0.05) is 6.04 Å². The molecule has 1 amide bonds. The highest BCUT2D eigenvalue weighted by Crippen LogP contribution is 2.13. The van der Waals surface area contributed by atoms with Crippen molar-refractivity contribution >= 4 is 5.91 Å². The molecule has 0 bridgehead atoms. The summed E-state index contributed by atoms with van der Waals surface area (Å²) < 4.78 is 6.73. The van der Waals surface area contributed by atoms with E-state index in [1.54, 1.807) is 17.9 Å². The van der Waals surface area contributed by atoms with Crippen molar-refractivity contribution in [2.45, 2.75) is 39.8 Å². The minimum atomic E-state index is -0.164. The van der Waals surface area contributed by atoms with E-state index < -0.39 is 0 Å². The van der Waals surface area contributed by atoms with E-state index in [1.165, 1.54) is 6.33 Å². The third-order valence-corrected chi connectivity index (χ3v) is 2.80. The molecule has 7 heteroatoms. The number of aromatic nitrogens is 4. The normalized spacial score (nSPS) is 12.4. The van der Waals surface area contributed by atoms with Gasteiger partial charge in [0.1, 0.15) is 24.0 Å². The Bertz CT molecular complexity index is 546. The second-order valence-electron chi connectivity index (χ2n) is 4.41. The molecule has 0 aliphatic heterocycles. The number of nitrogens with one attached hydrogen (secondary N) is 1. The first-order valence-corrected chi connectivity index (χ1v) is 6.20. The average Bonchev–Trinajstić information content (AvgIpc) is 2.98. The summed E-state index contributed by atoms with van der Waals surface area (Å²) in [6, 6.07) is -0.0618. The quantitative estimate of drug-likeness (QED) is 0.868. The fraction of sp³-hybridized carbons (Fsp3) is 0.500. The predicted molar refractivity (Wildman–Crippen MR) is 67.6 cm³/mol. The van der Waals surface area contributed by atoms with Crippen LogP contribution >= 0.6 is 0 Å². The molecular weight excluding hydrogens is 246 g/mol. The van der Waals surface area contributed by atoms with Crippen molar-refractivity contribution in [2.24, 2.45) is 0 Å². The fourth-order valence-electron chi connectivity index (χ4n) is 1.90. The first-order valence-electron chi connectivity index (χ1n) is 6.20. The Morgan fingerprint density at radius 3 is 3.00 bits per heavy atom. The van der Waals surface area contributed by atoms with Crippen LogP contribution in [0.2, 0.25) is 0 Å². The predicted octanol–water partition coefficient (Wildman–Crippen LogP) is 0.955. The van der Waals surface area contributed by atoms with Crippen molar-refractivity contribution in [2.75, 3.05) is 0 Å². The molecular formula is C12H17N5O2. The van der Waals surface area contributed by atoms with Gasteiger partial charge in [-0.25, -0.2) is 4.98 Å². The van der Waals surface area contributed by atoms with E-state index >= 15 is 0 Å². The first-order chi connectivity index (χ1) is 9.11. The molecule has 0 fully saturated rings. The summed E-state index contributed by atoms with van der Waals surface area (Å²) in [7, 11) is 0. The van der Waals surface area contributed by atoms with Crippen molar-refractivity contribution in [1.29, 1.82) is 0 Å². The van der Waals surface area contributed by atoms with E-state index in [0.29, 0.717) is 30.0 Å². The number of carbonyl (C=O) groups excluding carboxylic acids is 1. The van der Waals surface area contributed by atoms with Gasteiger partial charge in [0.05, 0.1) is 12.2 Å². The van der Waals surface area contributed by atoms with Crippen molar-refractivity contribution in [3.63, 3.8) is 0 Å². The third-order valence-electron chi connectivity index (χ3n) is 2.80. The first kappa shape index (κ1) is 13.3. The van der Waals surface area contributed by atoms with Gasteiger partial charge in [0.15, 0.2) is 0 Å². The molecule has 2 aromatic rings. The number of amides is 1. The van der Waals surface area contributed by atoms with Crippen LogP contribution < -0.4 is 5.32 Å². The molecule has 0 saturated carbocycles. The smallest absolute Gasteiger partial charge is 0.257 e. The maximum Gasteiger partial charge on any atom is 0.257 e. The molecule has 0 saturated heterocycles. The van der Waals surface area contributed by atoms with Gasteiger partial charge in [-0.15, -0.1) is 0 Å². The molecule has 0 spiro atoms.